The van der Waals surface area contributed by atoms with Crippen molar-refractivity contribution < 1.29 is 4.79 Å². The zero-order valence-corrected chi connectivity index (χ0v) is 11.4. The van der Waals surface area contributed by atoms with E-state index >= 15 is 0 Å². The summed E-state index contributed by atoms with van der Waals surface area (Å²) in [6, 6.07) is 1.82. The van der Waals surface area contributed by atoms with E-state index in [0.29, 0.717) is 24.2 Å². The normalized spacial score (nSPS) is 33.9. The Kier molecular flexibility index (Phi) is 3.46. The third-order valence-corrected chi connectivity index (χ3v) is 4.96. The molecule has 2 aliphatic heterocycles. The van der Waals surface area contributed by atoms with Crippen molar-refractivity contribution in [3.05, 3.63) is 0 Å². The SMILES string of the molecule is CCN1C(=O)N(C2CCNCC2)[C@@H]2CCCCC21. The molecule has 18 heavy (non-hydrogen) atoms. The number of hydrogen-bond donors (Lipinski definition) is 1. The molecule has 4 heteroatoms. The van der Waals surface area contributed by atoms with Gasteiger partial charge < -0.3 is 15.1 Å². The lowest BCUT2D eigenvalue weighted by molar-refractivity contribution is 0.138. The molecule has 3 rings (SSSR count). The van der Waals surface area contributed by atoms with Gasteiger partial charge in [0.05, 0.1) is 12.1 Å². The van der Waals surface area contributed by atoms with E-state index in [4.69, 9.17) is 0 Å². The Morgan fingerprint density at radius 1 is 1.11 bits per heavy atom. The number of hydrogen-bond acceptors (Lipinski definition) is 2. The molecule has 0 aromatic rings. The van der Waals surface area contributed by atoms with Crippen LogP contribution in [0, 0.1) is 0 Å². The van der Waals surface area contributed by atoms with Crippen LogP contribution in [0.4, 0.5) is 4.79 Å². The van der Waals surface area contributed by atoms with Crippen LogP contribution in [0.25, 0.3) is 0 Å². The Morgan fingerprint density at radius 3 is 2.44 bits per heavy atom. The van der Waals surface area contributed by atoms with Gasteiger partial charge in [-0.3, -0.25) is 0 Å². The van der Waals surface area contributed by atoms with Crippen molar-refractivity contribution in [3.63, 3.8) is 0 Å². The van der Waals surface area contributed by atoms with Crippen LogP contribution in [0.2, 0.25) is 0 Å². The van der Waals surface area contributed by atoms with Gasteiger partial charge in [0.1, 0.15) is 0 Å². The molecule has 0 aromatic carbocycles. The average Bonchev–Trinajstić information content (AvgIpc) is 2.71. The molecular formula is C14H25N3O. The fraction of sp³-hybridized carbons (Fsp3) is 0.929. The topological polar surface area (TPSA) is 35.6 Å². The first kappa shape index (κ1) is 12.3. The highest BCUT2D eigenvalue weighted by molar-refractivity contribution is 5.78. The molecule has 2 heterocycles. The fourth-order valence-electron chi connectivity index (χ4n) is 4.09. The number of urea groups is 1. The van der Waals surface area contributed by atoms with Gasteiger partial charge in [-0.05, 0) is 45.7 Å². The highest BCUT2D eigenvalue weighted by Crippen LogP contribution is 2.36. The van der Waals surface area contributed by atoms with Crippen molar-refractivity contribution in [2.75, 3.05) is 19.6 Å². The van der Waals surface area contributed by atoms with E-state index in [1.165, 1.54) is 25.7 Å². The number of nitrogens with zero attached hydrogens (tertiary/aromatic N) is 2. The van der Waals surface area contributed by atoms with Crippen LogP contribution in [-0.4, -0.2) is 53.6 Å². The Bertz CT molecular complexity index is 314. The van der Waals surface area contributed by atoms with Crippen molar-refractivity contribution in [3.8, 4) is 0 Å². The first-order valence-electron chi connectivity index (χ1n) is 7.62. The van der Waals surface area contributed by atoms with Gasteiger partial charge in [-0.1, -0.05) is 12.8 Å². The van der Waals surface area contributed by atoms with Gasteiger partial charge in [-0.25, -0.2) is 4.79 Å². The largest absolute Gasteiger partial charge is 0.320 e. The number of amides is 2. The average molecular weight is 251 g/mol. The summed E-state index contributed by atoms with van der Waals surface area (Å²) >= 11 is 0. The van der Waals surface area contributed by atoms with Gasteiger partial charge in [0.15, 0.2) is 0 Å². The molecule has 102 valence electrons. The van der Waals surface area contributed by atoms with Gasteiger partial charge >= 0.3 is 6.03 Å². The highest BCUT2D eigenvalue weighted by atomic mass is 16.2. The summed E-state index contributed by atoms with van der Waals surface area (Å²) < 4.78 is 0. The minimum atomic E-state index is 0.321. The molecule has 1 aliphatic carbocycles. The second kappa shape index (κ2) is 5.08. The van der Waals surface area contributed by atoms with E-state index in [0.717, 1.165) is 32.5 Å². The van der Waals surface area contributed by atoms with E-state index in [1.807, 2.05) is 0 Å². The maximum Gasteiger partial charge on any atom is 0.320 e. The molecule has 1 unspecified atom stereocenters. The minimum Gasteiger partial charge on any atom is -0.320 e. The zero-order valence-electron chi connectivity index (χ0n) is 11.4. The second-order valence-electron chi connectivity index (χ2n) is 5.88. The monoisotopic (exact) mass is 251 g/mol. The lowest BCUT2D eigenvalue weighted by atomic mass is 9.89. The lowest BCUT2D eigenvalue weighted by Crippen LogP contribution is -2.49. The summed E-state index contributed by atoms with van der Waals surface area (Å²) in [5.41, 5.74) is 0. The summed E-state index contributed by atoms with van der Waals surface area (Å²) in [5.74, 6) is 0. The highest BCUT2D eigenvalue weighted by Gasteiger charge is 2.48. The first-order chi connectivity index (χ1) is 8.83. The lowest BCUT2D eigenvalue weighted by Gasteiger charge is -2.37. The summed E-state index contributed by atoms with van der Waals surface area (Å²) in [6.07, 6.45) is 7.29. The van der Waals surface area contributed by atoms with E-state index in [2.05, 4.69) is 22.0 Å². The number of likely N-dealkylation sites (N-methyl/N-ethyl adjacent to an activating group) is 1. The Morgan fingerprint density at radius 2 is 1.78 bits per heavy atom. The van der Waals surface area contributed by atoms with Gasteiger partial charge in [0.2, 0.25) is 0 Å². The maximum atomic E-state index is 12.6. The predicted molar refractivity (Wildman–Crippen MR) is 71.6 cm³/mol. The smallest absolute Gasteiger partial charge is 0.320 e. The van der Waals surface area contributed by atoms with Gasteiger partial charge in [-0.2, -0.15) is 0 Å². The van der Waals surface area contributed by atoms with Crippen LogP contribution in [0.5, 0.6) is 0 Å². The van der Waals surface area contributed by atoms with Crippen LogP contribution in [0.3, 0.4) is 0 Å². The number of carbonyl (C=O) groups excluding carboxylic acids is 1. The quantitative estimate of drug-likeness (QED) is 0.812. The van der Waals surface area contributed by atoms with Crippen molar-refractivity contribution in [1.29, 1.82) is 0 Å². The maximum absolute atomic E-state index is 12.6. The summed E-state index contributed by atoms with van der Waals surface area (Å²) in [5, 5.41) is 3.40. The molecule has 2 atom stereocenters. The number of carbonyl (C=O) groups is 1. The van der Waals surface area contributed by atoms with E-state index in [1.54, 1.807) is 0 Å². The van der Waals surface area contributed by atoms with Crippen molar-refractivity contribution >= 4 is 6.03 Å². The fourth-order valence-corrected chi connectivity index (χ4v) is 4.09. The molecule has 1 saturated carbocycles. The Balaban J connectivity index is 1.81. The molecule has 0 bridgehead atoms. The minimum absolute atomic E-state index is 0.321. The summed E-state index contributed by atoms with van der Waals surface area (Å²) in [4.78, 5) is 17.0. The predicted octanol–water partition coefficient (Wildman–Crippen LogP) is 1.81. The summed E-state index contributed by atoms with van der Waals surface area (Å²) in [6.45, 7) is 5.13. The zero-order chi connectivity index (χ0) is 12.5. The van der Waals surface area contributed by atoms with Crippen molar-refractivity contribution in [2.45, 2.75) is 63.6 Å². The molecule has 1 N–H and O–H groups in total. The molecule has 0 radical (unpaired) electrons. The molecule has 0 aromatic heterocycles. The summed E-state index contributed by atoms with van der Waals surface area (Å²) in [7, 11) is 0. The molecule has 3 fully saturated rings. The number of nitrogens with one attached hydrogen (secondary N) is 1. The van der Waals surface area contributed by atoms with Crippen LogP contribution >= 0.6 is 0 Å². The van der Waals surface area contributed by atoms with Gasteiger partial charge in [-0.15, -0.1) is 0 Å². The van der Waals surface area contributed by atoms with E-state index in [-0.39, 0.29) is 0 Å². The van der Waals surface area contributed by atoms with E-state index in [9.17, 15) is 4.79 Å². The molecule has 2 amide bonds. The van der Waals surface area contributed by atoms with Crippen LogP contribution in [0.15, 0.2) is 0 Å². The van der Waals surface area contributed by atoms with Crippen LogP contribution in [0.1, 0.15) is 45.4 Å². The second-order valence-corrected chi connectivity index (χ2v) is 5.88. The Hall–Kier alpha value is -0.770. The molecule has 0 spiro atoms. The molecule has 2 saturated heterocycles. The van der Waals surface area contributed by atoms with E-state index < -0.39 is 0 Å². The molecule has 4 nitrogen and oxygen atoms in total. The third kappa shape index (κ3) is 1.91. The molecular weight excluding hydrogens is 226 g/mol. The van der Waals surface area contributed by atoms with Crippen molar-refractivity contribution in [2.24, 2.45) is 0 Å². The van der Waals surface area contributed by atoms with Crippen LogP contribution in [-0.2, 0) is 0 Å². The standard InChI is InChI=1S/C14H25N3O/c1-2-16-12-5-3-4-6-13(12)17(14(16)18)11-7-9-15-10-8-11/h11-13,15H,2-10H2,1H3/t12?,13-/m1/s1. The number of piperidine rings is 1. The van der Waals surface area contributed by atoms with Gasteiger partial charge in [0.25, 0.3) is 0 Å². The first-order valence-corrected chi connectivity index (χ1v) is 7.62. The van der Waals surface area contributed by atoms with Gasteiger partial charge in [0, 0.05) is 12.6 Å². The Labute approximate surface area is 110 Å². The molecule has 3 aliphatic rings. The van der Waals surface area contributed by atoms with Crippen molar-refractivity contribution in [1.82, 2.24) is 15.1 Å². The number of fused-ring (bicyclic) bond motifs is 1. The third-order valence-electron chi connectivity index (χ3n) is 4.96. The number of rotatable bonds is 2. The van der Waals surface area contributed by atoms with Crippen LogP contribution < -0.4 is 5.32 Å².